The van der Waals surface area contributed by atoms with E-state index in [2.05, 4.69) is 4.98 Å². The maximum absolute atomic E-state index is 12.8. The summed E-state index contributed by atoms with van der Waals surface area (Å²) >= 11 is 0. The maximum atomic E-state index is 12.8. The molecule has 5 nitrogen and oxygen atoms in total. The summed E-state index contributed by atoms with van der Waals surface area (Å²) in [5.41, 5.74) is 1.84. The summed E-state index contributed by atoms with van der Waals surface area (Å²) in [4.78, 5) is 30.1. The number of H-pyrrole nitrogens is 1. The van der Waals surface area contributed by atoms with Crippen LogP contribution in [-0.2, 0) is 4.79 Å². The number of aromatic amines is 1. The van der Waals surface area contributed by atoms with Gasteiger partial charge < -0.3 is 9.88 Å². The summed E-state index contributed by atoms with van der Waals surface area (Å²) in [6.45, 7) is 1.55. The first kappa shape index (κ1) is 16.2. The molecule has 2 heterocycles. The highest BCUT2D eigenvalue weighted by Crippen LogP contribution is 2.49. The molecule has 5 heteroatoms. The summed E-state index contributed by atoms with van der Waals surface area (Å²) in [6.07, 6.45) is 7.85. The lowest BCUT2D eigenvalue weighted by Gasteiger charge is -2.34. The molecule has 1 aromatic heterocycles. The quantitative estimate of drug-likeness (QED) is 0.920. The van der Waals surface area contributed by atoms with Gasteiger partial charge in [0.15, 0.2) is 0 Å². The highest BCUT2D eigenvalue weighted by molar-refractivity contribution is 5.77. The summed E-state index contributed by atoms with van der Waals surface area (Å²) in [5, 5.41) is 0. The van der Waals surface area contributed by atoms with Gasteiger partial charge in [-0.15, -0.1) is 0 Å². The van der Waals surface area contributed by atoms with E-state index in [0.717, 1.165) is 55.2 Å². The van der Waals surface area contributed by atoms with Crippen LogP contribution in [0.25, 0.3) is 11.0 Å². The standard InChI is InChI=1S/C21H27N3O2/c25-20(13-16-12-14-5-6-15(16)11-14)23-9-7-17(8-10-23)24-19-4-2-1-3-18(19)22-21(24)26/h1-4,14-17H,5-13H2,(H,22,26)/t14-,15-,16+/m0/s1. The lowest BCUT2D eigenvalue weighted by atomic mass is 9.86. The van der Waals surface area contributed by atoms with Crippen LogP contribution >= 0.6 is 0 Å². The van der Waals surface area contributed by atoms with Gasteiger partial charge in [0.05, 0.1) is 11.0 Å². The Kier molecular flexibility index (Phi) is 3.91. The first-order valence-electron chi connectivity index (χ1n) is 10.2. The number of carbonyl (C=O) groups is 1. The third-order valence-corrected chi connectivity index (χ3v) is 7.13. The van der Waals surface area contributed by atoms with Crippen molar-refractivity contribution < 1.29 is 4.79 Å². The Bertz CT molecular complexity index is 875. The van der Waals surface area contributed by atoms with Crippen LogP contribution < -0.4 is 5.69 Å². The number of nitrogens with zero attached hydrogens (tertiary/aromatic N) is 2. The molecule has 2 aromatic rings. The third-order valence-electron chi connectivity index (χ3n) is 7.13. The van der Waals surface area contributed by atoms with E-state index in [4.69, 9.17) is 0 Å². The van der Waals surface area contributed by atoms with E-state index in [1.807, 2.05) is 33.7 Å². The zero-order chi connectivity index (χ0) is 17.7. The van der Waals surface area contributed by atoms with Crippen molar-refractivity contribution in [3.05, 3.63) is 34.7 Å². The number of fused-ring (bicyclic) bond motifs is 3. The number of aromatic nitrogens is 2. The van der Waals surface area contributed by atoms with Crippen molar-refractivity contribution >= 4 is 16.9 Å². The molecule has 1 N–H and O–H groups in total. The minimum Gasteiger partial charge on any atom is -0.343 e. The van der Waals surface area contributed by atoms with Crippen LogP contribution in [0, 0.1) is 17.8 Å². The van der Waals surface area contributed by atoms with Crippen LogP contribution in [0.3, 0.4) is 0 Å². The van der Waals surface area contributed by atoms with Crippen molar-refractivity contribution in [2.75, 3.05) is 13.1 Å². The number of benzene rings is 1. The molecule has 5 rings (SSSR count). The van der Waals surface area contributed by atoms with Crippen LogP contribution in [0.4, 0.5) is 0 Å². The molecule has 26 heavy (non-hydrogen) atoms. The molecular formula is C21H27N3O2. The smallest absolute Gasteiger partial charge is 0.326 e. The van der Waals surface area contributed by atoms with Crippen LogP contribution in [-0.4, -0.2) is 33.4 Å². The Labute approximate surface area is 153 Å². The molecule has 2 aliphatic carbocycles. The van der Waals surface area contributed by atoms with Crippen molar-refractivity contribution in [2.45, 2.75) is 51.0 Å². The second-order valence-electron chi connectivity index (χ2n) is 8.57. The molecule has 2 saturated carbocycles. The molecule has 3 fully saturated rings. The summed E-state index contributed by atoms with van der Waals surface area (Å²) in [6, 6.07) is 8.05. The molecule has 0 unspecified atom stereocenters. The molecule has 0 radical (unpaired) electrons. The maximum Gasteiger partial charge on any atom is 0.326 e. The van der Waals surface area contributed by atoms with E-state index >= 15 is 0 Å². The lowest BCUT2D eigenvalue weighted by molar-refractivity contribution is -0.133. The van der Waals surface area contributed by atoms with E-state index in [1.165, 1.54) is 25.7 Å². The highest BCUT2D eigenvalue weighted by Gasteiger charge is 2.40. The molecule has 1 aliphatic heterocycles. The number of para-hydroxylation sites is 2. The molecule has 2 bridgehead atoms. The number of piperidine rings is 1. The van der Waals surface area contributed by atoms with Crippen molar-refractivity contribution in [3.63, 3.8) is 0 Å². The van der Waals surface area contributed by atoms with Gasteiger partial charge in [0.2, 0.25) is 5.91 Å². The molecule has 3 aliphatic rings. The predicted molar refractivity (Wildman–Crippen MR) is 101 cm³/mol. The number of hydrogen-bond acceptors (Lipinski definition) is 2. The van der Waals surface area contributed by atoms with Crippen LogP contribution in [0.1, 0.15) is 51.0 Å². The molecule has 1 amide bonds. The number of amides is 1. The second kappa shape index (κ2) is 6.29. The number of carbonyl (C=O) groups excluding carboxylic acids is 1. The van der Waals surface area contributed by atoms with E-state index in [9.17, 15) is 9.59 Å². The fourth-order valence-electron chi connectivity index (χ4n) is 5.79. The SMILES string of the molecule is O=C(C[C@H]1C[C@H]2CC[C@H]1C2)N1CCC(n2c(=O)[nH]c3ccccc32)CC1. The van der Waals surface area contributed by atoms with E-state index in [1.54, 1.807) is 0 Å². The normalized spacial score (nSPS) is 28.9. The lowest BCUT2D eigenvalue weighted by Crippen LogP contribution is -2.41. The zero-order valence-electron chi connectivity index (χ0n) is 15.2. The Morgan fingerprint density at radius 2 is 1.88 bits per heavy atom. The molecule has 0 spiro atoms. The fraction of sp³-hybridized carbons (Fsp3) is 0.619. The van der Waals surface area contributed by atoms with Gasteiger partial charge in [-0.1, -0.05) is 18.6 Å². The largest absolute Gasteiger partial charge is 0.343 e. The molecule has 1 saturated heterocycles. The first-order valence-corrected chi connectivity index (χ1v) is 10.2. The van der Waals surface area contributed by atoms with Crippen LogP contribution in [0.5, 0.6) is 0 Å². The zero-order valence-corrected chi connectivity index (χ0v) is 15.2. The summed E-state index contributed by atoms with van der Waals surface area (Å²) < 4.78 is 1.90. The second-order valence-corrected chi connectivity index (χ2v) is 8.57. The number of likely N-dealkylation sites (tertiary alicyclic amines) is 1. The van der Waals surface area contributed by atoms with Crippen LogP contribution in [0.2, 0.25) is 0 Å². The minimum atomic E-state index is -0.0297. The van der Waals surface area contributed by atoms with Gasteiger partial charge in [0, 0.05) is 25.6 Å². The topological polar surface area (TPSA) is 58.1 Å². The summed E-state index contributed by atoms with van der Waals surface area (Å²) in [5.74, 6) is 2.69. The molecular weight excluding hydrogens is 326 g/mol. The molecule has 1 aromatic carbocycles. The average molecular weight is 353 g/mol. The Morgan fingerprint density at radius 1 is 1.08 bits per heavy atom. The van der Waals surface area contributed by atoms with Gasteiger partial charge in [-0.3, -0.25) is 9.36 Å². The van der Waals surface area contributed by atoms with Crippen molar-refractivity contribution in [1.29, 1.82) is 0 Å². The Morgan fingerprint density at radius 3 is 2.62 bits per heavy atom. The number of nitrogens with one attached hydrogen (secondary N) is 1. The number of rotatable bonds is 3. The fourth-order valence-corrected chi connectivity index (χ4v) is 5.79. The minimum absolute atomic E-state index is 0.0297. The van der Waals surface area contributed by atoms with Crippen molar-refractivity contribution in [3.8, 4) is 0 Å². The van der Waals surface area contributed by atoms with Gasteiger partial charge in [0.25, 0.3) is 0 Å². The number of imidazole rings is 1. The summed E-state index contributed by atoms with van der Waals surface area (Å²) in [7, 11) is 0. The van der Waals surface area contributed by atoms with E-state index < -0.39 is 0 Å². The van der Waals surface area contributed by atoms with Crippen LogP contribution in [0.15, 0.2) is 29.1 Å². The van der Waals surface area contributed by atoms with Gasteiger partial charge in [-0.05, 0) is 62.0 Å². The average Bonchev–Trinajstić information content (AvgIpc) is 3.35. The third kappa shape index (κ3) is 2.68. The molecule has 3 atom stereocenters. The predicted octanol–water partition coefficient (Wildman–Crippen LogP) is 3.32. The monoisotopic (exact) mass is 353 g/mol. The van der Waals surface area contributed by atoms with Gasteiger partial charge in [0.1, 0.15) is 0 Å². The Hall–Kier alpha value is -2.04. The van der Waals surface area contributed by atoms with Gasteiger partial charge in [-0.25, -0.2) is 4.79 Å². The Balaban J connectivity index is 1.24. The van der Waals surface area contributed by atoms with E-state index in [0.29, 0.717) is 11.8 Å². The van der Waals surface area contributed by atoms with Crippen molar-refractivity contribution in [1.82, 2.24) is 14.5 Å². The van der Waals surface area contributed by atoms with Gasteiger partial charge in [-0.2, -0.15) is 0 Å². The molecule has 138 valence electrons. The first-order chi connectivity index (χ1) is 12.7. The number of hydrogen-bond donors (Lipinski definition) is 1. The van der Waals surface area contributed by atoms with Crippen molar-refractivity contribution in [2.24, 2.45) is 17.8 Å². The van der Waals surface area contributed by atoms with E-state index in [-0.39, 0.29) is 11.7 Å². The van der Waals surface area contributed by atoms with Gasteiger partial charge >= 0.3 is 5.69 Å². The highest BCUT2D eigenvalue weighted by atomic mass is 16.2.